The van der Waals surface area contributed by atoms with Gasteiger partial charge in [-0.25, -0.2) is 5.43 Å². The van der Waals surface area contributed by atoms with Gasteiger partial charge in [0.15, 0.2) is 11.5 Å². The van der Waals surface area contributed by atoms with Crippen molar-refractivity contribution in [1.82, 2.24) is 5.43 Å². The third-order valence-corrected chi connectivity index (χ3v) is 4.51. The van der Waals surface area contributed by atoms with Crippen molar-refractivity contribution >= 4 is 23.9 Å². The molecule has 0 aliphatic carbocycles. The Morgan fingerprint density at radius 2 is 1.96 bits per heavy atom. The van der Waals surface area contributed by atoms with Crippen LogP contribution in [0.1, 0.15) is 12.5 Å². The second-order valence-corrected chi connectivity index (χ2v) is 6.59. The maximum absolute atomic E-state index is 12.1. The predicted molar refractivity (Wildman–Crippen MR) is 94.9 cm³/mol. The number of amides is 1. The van der Waals surface area contributed by atoms with Gasteiger partial charge in [-0.15, -0.1) is 11.8 Å². The van der Waals surface area contributed by atoms with Crippen LogP contribution >= 0.6 is 11.8 Å². The number of hydrogen-bond donors (Lipinski definition) is 1. The second kappa shape index (κ2) is 7.88. The highest BCUT2D eigenvalue weighted by atomic mass is 32.2. The zero-order valence-electron chi connectivity index (χ0n) is 13.3. The van der Waals surface area contributed by atoms with Gasteiger partial charge in [-0.3, -0.25) is 4.79 Å². The molecule has 1 aliphatic rings. The van der Waals surface area contributed by atoms with E-state index in [1.165, 1.54) is 11.8 Å². The molecular weight excluding hydrogens is 324 g/mol. The smallest absolute Gasteiger partial charge is 0.253 e. The topological polar surface area (TPSA) is 59.9 Å². The minimum atomic E-state index is -0.242. The molecule has 1 amide bonds. The lowest BCUT2D eigenvalue weighted by Gasteiger charge is -2.19. The fraction of sp³-hybridized carbons (Fsp3) is 0.222. The van der Waals surface area contributed by atoms with E-state index >= 15 is 0 Å². The SMILES string of the molecule is C[C@H](Sc1ccccc1)C(=O)N/N=C\c1cccc2c1OCCO2. The molecule has 24 heavy (non-hydrogen) atoms. The van der Waals surface area contributed by atoms with Gasteiger partial charge in [-0.2, -0.15) is 5.10 Å². The van der Waals surface area contributed by atoms with Gasteiger partial charge in [-0.1, -0.05) is 24.3 Å². The number of hydrogen-bond acceptors (Lipinski definition) is 5. The Morgan fingerprint density at radius 3 is 2.79 bits per heavy atom. The van der Waals surface area contributed by atoms with Crippen LogP contribution in [0.3, 0.4) is 0 Å². The molecule has 0 unspecified atom stereocenters. The van der Waals surface area contributed by atoms with E-state index in [1.807, 2.05) is 55.5 Å². The van der Waals surface area contributed by atoms with Crippen LogP contribution < -0.4 is 14.9 Å². The molecule has 1 N–H and O–H groups in total. The molecule has 0 saturated heterocycles. The van der Waals surface area contributed by atoms with Crippen molar-refractivity contribution < 1.29 is 14.3 Å². The zero-order valence-corrected chi connectivity index (χ0v) is 14.1. The average Bonchev–Trinajstić information content (AvgIpc) is 2.62. The molecule has 1 heterocycles. The van der Waals surface area contributed by atoms with Gasteiger partial charge in [-0.05, 0) is 31.2 Å². The number of para-hydroxylation sites is 1. The van der Waals surface area contributed by atoms with Gasteiger partial charge in [0.25, 0.3) is 5.91 Å². The largest absolute Gasteiger partial charge is 0.486 e. The molecule has 1 atom stereocenters. The van der Waals surface area contributed by atoms with E-state index in [0.29, 0.717) is 24.7 Å². The monoisotopic (exact) mass is 342 g/mol. The number of benzene rings is 2. The number of carbonyl (C=O) groups is 1. The minimum Gasteiger partial charge on any atom is -0.486 e. The van der Waals surface area contributed by atoms with Crippen LogP contribution in [0.4, 0.5) is 0 Å². The molecule has 0 fully saturated rings. The molecule has 1 aliphatic heterocycles. The van der Waals surface area contributed by atoms with Crippen LogP contribution in [0.5, 0.6) is 11.5 Å². The quantitative estimate of drug-likeness (QED) is 0.515. The zero-order chi connectivity index (χ0) is 16.8. The lowest BCUT2D eigenvalue weighted by Crippen LogP contribution is -2.26. The number of hydrazone groups is 1. The number of nitrogens with one attached hydrogen (secondary N) is 1. The van der Waals surface area contributed by atoms with E-state index < -0.39 is 0 Å². The van der Waals surface area contributed by atoms with Crippen LogP contribution in [0.2, 0.25) is 0 Å². The summed E-state index contributed by atoms with van der Waals surface area (Å²) in [7, 11) is 0. The minimum absolute atomic E-state index is 0.151. The number of ether oxygens (including phenoxy) is 2. The first-order chi connectivity index (χ1) is 11.7. The molecule has 2 aromatic carbocycles. The van der Waals surface area contributed by atoms with E-state index in [1.54, 1.807) is 6.21 Å². The first-order valence-electron chi connectivity index (χ1n) is 7.67. The summed E-state index contributed by atoms with van der Waals surface area (Å²) in [5.41, 5.74) is 3.35. The summed E-state index contributed by atoms with van der Waals surface area (Å²) in [5.74, 6) is 1.21. The maximum atomic E-state index is 12.1. The first kappa shape index (κ1) is 16.4. The van der Waals surface area contributed by atoms with Crippen LogP contribution in [0.25, 0.3) is 0 Å². The Balaban J connectivity index is 1.59. The van der Waals surface area contributed by atoms with Gasteiger partial charge in [0, 0.05) is 10.5 Å². The summed E-state index contributed by atoms with van der Waals surface area (Å²) in [5, 5.41) is 3.80. The Bertz CT molecular complexity index is 734. The highest BCUT2D eigenvalue weighted by Gasteiger charge is 2.15. The molecule has 5 nitrogen and oxygen atoms in total. The molecule has 3 rings (SSSR count). The fourth-order valence-electron chi connectivity index (χ4n) is 2.21. The van der Waals surface area contributed by atoms with Crippen molar-refractivity contribution in [1.29, 1.82) is 0 Å². The van der Waals surface area contributed by atoms with Gasteiger partial charge in [0.1, 0.15) is 13.2 Å². The summed E-state index contributed by atoms with van der Waals surface area (Å²) in [4.78, 5) is 13.2. The Kier molecular flexibility index (Phi) is 5.38. The van der Waals surface area contributed by atoms with Crippen molar-refractivity contribution in [2.75, 3.05) is 13.2 Å². The van der Waals surface area contributed by atoms with E-state index in [2.05, 4.69) is 10.5 Å². The van der Waals surface area contributed by atoms with E-state index in [0.717, 1.165) is 10.5 Å². The van der Waals surface area contributed by atoms with Gasteiger partial charge >= 0.3 is 0 Å². The summed E-state index contributed by atoms with van der Waals surface area (Å²) in [6.45, 7) is 2.90. The number of rotatable bonds is 5. The Morgan fingerprint density at radius 1 is 1.17 bits per heavy atom. The third-order valence-electron chi connectivity index (χ3n) is 3.40. The summed E-state index contributed by atoms with van der Waals surface area (Å²) in [6, 6.07) is 15.4. The molecule has 0 radical (unpaired) electrons. The van der Waals surface area contributed by atoms with Crippen LogP contribution in [-0.2, 0) is 4.79 Å². The lowest BCUT2D eigenvalue weighted by molar-refractivity contribution is -0.120. The van der Waals surface area contributed by atoms with E-state index in [4.69, 9.17) is 9.47 Å². The fourth-order valence-corrected chi connectivity index (χ4v) is 3.09. The summed E-state index contributed by atoms with van der Waals surface area (Å²) in [6.07, 6.45) is 1.57. The van der Waals surface area contributed by atoms with Crippen molar-refractivity contribution in [3.05, 3.63) is 54.1 Å². The molecule has 0 saturated carbocycles. The van der Waals surface area contributed by atoms with Crippen molar-refractivity contribution in [3.63, 3.8) is 0 Å². The highest BCUT2D eigenvalue weighted by molar-refractivity contribution is 8.00. The van der Waals surface area contributed by atoms with E-state index in [9.17, 15) is 4.79 Å². The number of fused-ring (bicyclic) bond motifs is 1. The molecule has 0 bridgehead atoms. The Hall–Kier alpha value is -2.47. The highest BCUT2D eigenvalue weighted by Crippen LogP contribution is 2.32. The van der Waals surface area contributed by atoms with Crippen LogP contribution in [0.15, 0.2) is 58.5 Å². The van der Waals surface area contributed by atoms with Gasteiger partial charge < -0.3 is 9.47 Å². The second-order valence-electron chi connectivity index (χ2n) is 5.18. The number of nitrogens with zero attached hydrogens (tertiary/aromatic N) is 1. The molecule has 2 aromatic rings. The molecule has 6 heteroatoms. The lowest BCUT2D eigenvalue weighted by atomic mass is 10.2. The van der Waals surface area contributed by atoms with Crippen molar-refractivity contribution in [2.45, 2.75) is 17.1 Å². The number of carbonyl (C=O) groups excluding carboxylic acids is 1. The van der Waals surface area contributed by atoms with Crippen LogP contribution in [0, 0.1) is 0 Å². The molecular formula is C18H18N2O3S. The third kappa shape index (κ3) is 4.08. The predicted octanol–water partition coefficient (Wildman–Crippen LogP) is 3.09. The molecule has 0 aromatic heterocycles. The van der Waals surface area contributed by atoms with Gasteiger partial charge in [0.05, 0.1) is 11.5 Å². The summed E-state index contributed by atoms with van der Waals surface area (Å²) >= 11 is 1.49. The standard InChI is InChI=1S/C18H18N2O3S/c1-13(24-15-7-3-2-4-8-15)18(21)20-19-12-14-6-5-9-16-17(14)23-11-10-22-16/h2-9,12-13H,10-11H2,1H3,(H,20,21)/b19-12-/t13-/m0/s1. The molecule has 0 spiro atoms. The average molecular weight is 342 g/mol. The van der Waals surface area contributed by atoms with Crippen molar-refractivity contribution in [3.8, 4) is 11.5 Å². The maximum Gasteiger partial charge on any atom is 0.253 e. The number of thioether (sulfide) groups is 1. The van der Waals surface area contributed by atoms with Crippen molar-refractivity contribution in [2.24, 2.45) is 5.10 Å². The normalized spacial score (nSPS) is 14.4. The molecule has 124 valence electrons. The Labute approximate surface area is 145 Å². The summed E-state index contributed by atoms with van der Waals surface area (Å²) < 4.78 is 11.1. The first-order valence-corrected chi connectivity index (χ1v) is 8.55. The van der Waals surface area contributed by atoms with E-state index in [-0.39, 0.29) is 11.2 Å². The van der Waals surface area contributed by atoms with Crippen LogP contribution in [-0.4, -0.2) is 30.6 Å². The van der Waals surface area contributed by atoms with Gasteiger partial charge in [0.2, 0.25) is 0 Å².